The average Bonchev–Trinajstić information content (AvgIpc) is 2.21. The van der Waals surface area contributed by atoms with Crippen LogP contribution in [0.3, 0.4) is 0 Å². The molecule has 0 atom stereocenters. The fourth-order valence-corrected chi connectivity index (χ4v) is 1.19. The van der Waals surface area contributed by atoms with Gasteiger partial charge in [-0.05, 0) is 13.0 Å². The van der Waals surface area contributed by atoms with E-state index in [4.69, 9.17) is 10.9 Å². The third kappa shape index (κ3) is 6.82. The summed E-state index contributed by atoms with van der Waals surface area (Å²) in [5.41, 5.74) is 2.09. The summed E-state index contributed by atoms with van der Waals surface area (Å²) < 4.78 is 0. The predicted octanol–water partition coefficient (Wildman–Crippen LogP) is -0.539. The number of carbonyl (C=O) groups excluding carboxylic acids is 1. The molecular formula is C9H21N3O2. The van der Waals surface area contributed by atoms with Crippen molar-refractivity contribution in [1.29, 1.82) is 0 Å². The van der Waals surface area contributed by atoms with Gasteiger partial charge in [-0.15, -0.1) is 0 Å². The van der Waals surface area contributed by atoms with Gasteiger partial charge in [0.15, 0.2) is 0 Å². The van der Waals surface area contributed by atoms with Crippen molar-refractivity contribution in [1.82, 2.24) is 10.3 Å². The van der Waals surface area contributed by atoms with E-state index in [9.17, 15) is 4.79 Å². The molecule has 0 saturated carbocycles. The number of aliphatic hydroxyl groups is 1. The minimum atomic E-state index is -0.163. The lowest BCUT2D eigenvalue weighted by atomic mass is 10.3. The standard InChI is InChI=1S/C9H21N3O2/c1-2-3-5-12(7-8-13)6-4-9(14)11-10/h13H,2-8,10H2,1H3,(H,11,14). The molecule has 0 heterocycles. The van der Waals surface area contributed by atoms with Gasteiger partial charge < -0.3 is 10.0 Å². The van der Waals surface area contributed by atoms with Crippen LogP contribution in [0.2, 0.25) is 0 Å². The van der Waals surface area contributed by atoms with Crippen LogP contribution in [0.1, 0.15) is 26.2 Å². The van der Waals surface area contributed by atoms with Crippen LogP contribution in [0.15, 0.2) is 0 Å². The van der Waals surface area contributed by atoms with Gasteiger partial charge in [0, 0.05) is 19.5 Å². The second-order valence-corrected chi connectivity index (χ2v) is 3.24. The molecule has 4 N–H and O–H groups in total. The number of nitrogens with zero attached hydrogens (tertiary/aromatic N) is 1. The van der Waals surface area contributed by atoms with Crippen LogP contribution < -0.4 is 11.3 Å². The molecule has 0 spiro atoms. The Hall–Kier alpha value is -0.650. The molecule has 0 aliphatic rings. The van der Waals surface area contributed by atoms with Crippen LogP contribution >= 0.6 is 0 Å². The minimum absolute atomic E-state index is 0.133. The van der Waals surface area contributed by atoms with Crippen molar-refractivity contribution in [3.05, 3.63) is 0 Å². The van der Waals surface area contributed by atoms with E-state index in [2.05, 4.69) is 17.2 Å². The monoisotopic (exact) mass is 203 g/mol. The van der Waals surface area contributed by atoms with Gasteiger partial charge in [0.05, 0.1) is 6.61 Å². The summed E-state index contributed by atoms with van der Waals surface area (Å²) in [5.74, 6) is 4.80. The summed E-state index contributed by atoms with van der Waals surface area (Å²) in [6, 6.07) is 0. The van der Waals surface area contributed by atoms with Gasteiger partial charge in [-0.2, -0.15) is 0 Å². The van der Waals surface area contributed by atoms with E-state index in [1.54, 1.807) is 0 Å². The fraction of sp³-hybridized carbons (Fsp3) is 0.889. The number of hydrogen-bond acceptors (Lipinski definition) is 4. The Morgan fingerprint density at radius 1 is 1.43 bits per heavy atom. The number of aliphatic hydroxyl groups excluding tert-OH is 1. The van der Waals surface area contributed by atoms with Crippen LogP contribution in [-0.2, 0) is 4.79 Å². The van der Waals surface area contributed by atoms with Crippen molar-refractivity contribution in [3.8, 4) is 0 Å². The highest BCUT2D eigenvalue weighted by Crippen LogP contribution is 1.96. The maximum Gasteiger partial charge on any atom is 0.235 e. The largest absolute Gasteiger partial charge is 0.395 e. The number of hydrazine groups is 1. The smallest absolute Gasteiger partial charge is 0.235 e. The van der Waals surface area contributed by atoms with Gasteiger partial charge in [-0.3, -0.25) is 10.2 Å². The highest BCUT2D eigenvalue weighted by atomic mass is 16.3. The van der Waals surface area contributed by atoms with E-state index in [0.717, 1.165) is 19.4 Å². The van der Waals surface area contributed by atoms with Crippen LogP contribution in [-0.4, -0.2) is 42.2 Å². The van der Waals surface area contributed by atoms with Gasteiger partial charge in [-0.25, -0.2) is 5.84 Å². The van der Waals surface area contributed by atoms with Crippen molar-refractivity contribution in [3.63, 3.8) is 0 Å². The Balaban J connectivity index is 3.66. The molecule has 5 nitrogen and oxygen atoms in total. The third-order valence-electron chi connectivity index (χ3n) is 2.06. The van der Waals surface area contributed by atoms with Crippen molar-refractivity contribution >= 4 is 5.91 Å². The zero-order valence-corrected chi connectivity index (χ0v) is 8.83. The molecule has 5 heteroatoms. The number of unbranched alkanes of at least 4 members (excludes halogenated alkanes) is 1. The first-order valence-electron chi connectivity index (χ1n) is 5.07. The molecule has 1 amide bonds. The lowest BCUT2D eigenvalue weighted by Gasteiger charge is -2.20. The van der Waals surface area contributed by atoms with Crippen molar-refractivity contribution < 1.29 is 9.90 Å². The Kier molecular flexibility index (Phi) is 8.51. The molecule has 0 fully saturated rings. The summed E-state index contributed by atoms with van der Waals surface area (Å²) in [6.45, 7) is 4.45. The summed E-state index contributed by atoms with van der Waals surface area (Å²) >= 11 is 0. The van der Waals surface area contributed by atoms with Crippen molar-refractivity contribution in [2.75, 3.05) is 26.2 Å². The SMILES string of the molecule is CCCCN(CCO)CCC(=O)NN. The number of hydrogen-bond donors (Lipinski definition) is 3. The molecule has 84 valence electrons. The molecule has 0 aliphatic heterocycles. The van der Waals surface area contributed by atoms with Crippen molar-refractivity contribution in [2.45, 2.75) is 26.2 Å². The minimum Gasteiger partial charge on any atom is -0.395 e. The quantitative estimate of drug-likeness (QED) is 0.281. The van der Waals surface area contributed by atoms with Gasteiger partial charge in [-0.1, -0.05) is 13.3 Å². The number of rotatable bonds is 8. The molecular weight excluding hydrogens is 182 g/mol. The molecule has 0 rings (SSSR count). The summed E-state index contributed by atoms with van der Waals surface area (Å²) in [5, 5.41) is 8.79. The molecule has 0 radical (unpaired) electrons. The molecule has 0 aromatic rings. The molecule has 0 saturated heterocycles. The van der Waals surface area contributed by atoms with Crippen molar-refractivity contribution in [2.24, 2.45) is 5.84 Å². The highest BCUT2D eigenvalue weighted by Gasteiger charge is 2.06. The lowest BCUT2D eigenvalue weighted by Crippen LogP contribution is -2.35. The van der Waals surface area contributed by atoms with E-state index >= 15 is 0 Å². The maximum absolute atomic E-state index is 10.9. The maximum atomic E-state index is 10.9. The predicted molar refractivity (Wildman–Crippen MR) is 55.4 cm³/mol. The second kappa shape index (κ2) is 8.93. The third-order valence-corrected chi connectivity index (χ3v) is 2.06. The van der Waals surface area contributed by atoms with E-state index in [1.165, 1.54) is 0 Å². The van der Waals surface area contributed by atoms with E-state index in [0.29, 0.717) is 19.5 Å². The Bertz CT molecular complexity index is 153. The van der Waals surface area contributed by atoms with Gasteiger partial charge in [0.2, 0.25) is 5.91 Å². The zero-order valence-electron chi connectivity index (χ0n) is 8.83. The van der Waals surface area contributed by atoms with E-state index in [1.807, 2.05) is 0 Å². The van der Waals surface area contributed by atoms with Crippen LogP contribution in [0.25, 0.3) is 0 Å². The van der Waals surface area contributed by atoms with Gasteiger partial charge >= 0.3 is 0 Å². The van der Waals surface area contributed by atoms with Gasteiger partial charge in [0.25, 0.3) is 0 Å². The highest BCUT2D eigenvalue weighted by molar-refractivity contribution is 5.75. The van der Waals surface area contributed by atoms with E-state index < -0.39 is 0 Å². The Morgan fingerprint density at radius 2 is 2.14 bits per heavy atom. The van der Waals surface area contributed by atoms with Crippen LogP contribution in [0, 0.1) is 0 Å². The number of carbonyl (C=O) groups is 1. The number of nitrogens with two attached hydrogens (primary N) is 1. The molecule has 0 aromatic carbocycles. The first-order valence-corrected chi connectivity index (χ1v) is 5.07. The summed E-state index contributed by atoms with van der Waals surface area (Å²) in [7, 11) is 0. The summed E-state index contributed by atoms with van der Waals surface area (Å²) in [6.07, 6.45) is 2.59. The topological polar surface area (TPSA) is 78.6 Å². The first-order chi connectivity index (χ1) is 6.74. The molecule has 0 unspecified atom stereocenters. The summed E-state index contributed by atoms with van der Waals surface area (Å²) in [4.78, 5) is 12.9. The average molecular weight is 203 g/mol. The van der Waals surface area contributed by atoms with Crippen LogP contribution in [0.5, 0.6) is 0 Å². The second-order valence-electron chi connectivity index (χ2n) is 3.24. The number of amides is 1. The van der Waals surface area contributed by atoms with E-state index in [-0.39, 0.29) is 12.5 Å². The fourth-order valence-electron chi connectivity index (χ4n) is 1.19. The zero-order chi connectivity index (χ0) is 10.8. The Morgan fingerprint density at radius 3 is 2.64 bits per heavy atom. The van der Waals surface area contributed by atoms with Gasteiger partial charge in [0.1, 0.15) is 0 Å². The lowest BCUT2D eigenvalue weighted by molar-refractivity contribution is -0.121. The molecule has 0 aliphatic carbocycles. The number of nitrogens with one attached hydrogen (secondary N) is 1. The Labute approximate surface area is 85.2 Å². The molecule has 14 heavy (non-hydrogen) atoms. The van der Waals surface area contributed by atoms with Crippen LogP contribution in [0.4, 0.5) is 0 Å². The first kappa shape index (κ1) is 13.4. The molecule has 0 aromatic heterocycles. The normalized spacial score (nSPS) is 10.6. The molecule has 0 bridgehead atoms.